The summed E-state index contributed by atoms with van der Waals surface area (Å²) in [6.07, 6.45) is 0.413. The normalized spacial score (nSPS) is 9.14. The van der Waals surface area contributed by atoms with E-state index in [2.05, 4.69) is 15.9 Å². The third-order valence-electron chi connectivity index (χ3n) is 1.64. The lowest BCUT2D eigenvalue weighted by Gasteiger charge is -2.03. The molecule has 0 amide bonds. The van der Waals surface area contributed by atoms with Crippen molar-refractivity contribution in [3.05, 3.63) is 33.3 Å². The standard InChI is InChI=1S/C9H4BrNO3/c10-7-2-1-5(4-12)8(9(13)14)6(7)3-11/h1-2,4H,(H,13,14). The molecule has 0 saturated carbocycles. The molecule has 4 nitrogen and oxygen atoms in total. The molecule has 1 aromatic rings. The highest BCUT2D eigenvalue weighted by Crippen LogP contribution is 2.22. The highest BCUT2D eigenvalue weighted by atomic mass is 79.9. The Labute approximate surface area is 87.9 Å². The molecular weight excluding hydrogens is 250 g/mol. The molecule has 0 aliphatic carbocycles. The Morgan fingerprint density at radius 1 is 1.57 bits per heavy atom. The first-order valence-electron chi connectivity index (χ1n) is 3.53. The van der Waals surface area contributed by atoms with Crippen LogP contribution in [0.25, 0.3) is 0 Å². The van der Waals surface area contributed by atoms with E-state index in [1.54, 1.807) is 6.07 Å². The molecular formula is C9H4BrNO3. The van der Waals surface area contributed by atoms with E-state index >= 15 is 0 Å². The van der Waals surface area contributed by atoms with E-state index in [0.29, 0.717) is 10.8 Å². The molecule has 0 heterocycles. The number of rotatable bonds is 2. The first-order valence-corrected chi connectivity index (χ1v) is 4.32. The minimum atomic E-state index is -1.29. The maximum absolute atomic E-state index is 10.8. The van der Waals surface area contributed by atoms with Crippen LogP contribution in [0.15, 0.2) is 16.6 Å². The second-order valence-corrected chi connectivity index (χ2v) is 3.28. The number of nitriles is 1. The van der Waals surface area contributed by atoms with Gasteiger partial charge in [0.25, 0.3) is 0 Å². The lowest BCUT2D eigenvalue weighted by molar-refractivity contribution is 0.0693. The number of aldehydes is 1. The van der Waals surface area contributed by atoms with Crippen molar-refractivity contribution in [2.75, 3.05) is 0 Å². The van der Waals surface area contributed by atoms with Crippen LogP contribution < -0.4 is 0 Å². The number of hydrogen-bond donors (Lipinski definition) is 1. The Morgan fingerprint density at radius 2 is 2.21 bits per heavy atom. The molecule has 0 aliphatic heterocycles. The summed E-state index contributed by atoms with van der Waals surface area (Å²) in [4.78, 5) is 21.3. The molecule has 1 aromatic carbocycles. The van der Waals surface area contributed by atoms with Crippen LogP contribution in [0.4, 0.5) is 0 Å². The molecule has 0 aliphatic rings. The van der Waals surface area contributed by atoms with Crippen molar-refractivity contribution in [3.8, 4) is 6.07 Å². The molecule has 0 spiro atoms. The van der Waals surface area contributed by atoms with Crippen LogP contribution in [-0.4, -0.2) is 17.4 Å². The van der Waals surface area contributed by atoms with E-state index in [-0.39, 0.29) is 16.7 Å². The lowest BCUT2D eigenvalue weighted by Crippen LogP contribution is -2.05. The van der Waals surface area contributed by atoms with Gasteiger partial charge in [-0.3, -0.25) is 4.79 Å². The van der Waals surface area contributed by atoms with E-state index in [1.807, 2.05) is 0 Å². The average Bonchev–Trinajstić information content (AvgIpc) is 2.17. The summed E-state index contributed by atoms with van der Waals surface area (Å²) >= 11 is 3.04. The summed E-state index contributed by atoms with van der Waals surface area (Å²) in [6.45, 7) is 0. The van der Waals surface area contributed by atoms with Crippen LogP contribution in [0.2, 0.25) is 0 Å². The molecule has 0 fully saturated rings. The van der Waals surface area contributed by atoms with E-state index in [1.165, 1.54) is 12.1 Å². The number of benzene rings is 1. The largest absolute Gasteiger partial charge is 0.478 e. The van der Waals surface area contributed by atoms with Gasteiger partial charge in [-0.15, -0.1) is 0 Å². The lowest BCUT2D eigenvalue weighted by atomic mass is 10.0. The van der Waals surface area contributed by atoms with Gasteiger partial charge in [0, 0.05) is 10.0 Å². The Bertz CT molecular complexity index is 448. The molecule has 0 unspecified atom stereocenters. The minimum Gasteiger partial charge on any atom is -0.478 e. The van der Waals surface area contributed by atoms with E-state index in [0.717, 1.165) is 0 Å². The van der Waals surface area contributed by atoms with Crippen molar-refractivity contribution in [1.82, 2.24) is 0 Å². The zero-order valence-corrected chi connectivity index (χ0v) is 8.41. The first kappa shape index (κ1) is 10.4. The van der Waals surface area contributed by atoms with Crippen molar-refractivity contribution in [2.24, 2.45) is 0 Å². The van der Waals surface area contributed by atoms with Gasteiger partial charge in [0.05, 0.1) is 11.1 Å². The van der Waals surface area contributed by atoms with Crippen LogP contribution in [0.5, 0.6) is 0 Å². The molecule has 0 aromatic heterocycles. The van der Waals surface area contributed by atoms with Gasteiger partial charge in [0.15, 0.2) is 6.29 Å². The van der Waals surface area contributed by atoms with Crippen LogP contribution in [0.1, 0.15) is 26.3 Å². The molecule has 0 saturated heterocycles. The number of hydrogen-bond acceptors (Lipinski definition) is 3. The number of carboxylic acids is 1. The molecule has 70 valence electrons. The molecule has 0 bridgehead atoms. The molecule has 5 heteroatoms. The van der Waals surface area contributed by atoms with E-state index in [4.69, 9.17) is 10.4 Å². The van der Waals surface area contributed by atoms with Crippen molar-refractivity contribution in [1.29, 1.82) is 5.26 Å². The Kier molecular flexibility index (Phi) is 2.99. The maximum atomic E-state index is 10.8. The highest BCUT2D eigenvalue weighted by molar-refractivity contribution is 9.10. The summed E-state index contributed by atoms with van der Waals surface area (Å²) in [5, 5.41) is 17.5. The van der Waals surface area contributed by atoms with Crippen molar-refractivity contribution >= 4 is 28.2 Å². The number of nitrogens with zero attached hydrogens (tertiary/aromatic N) is 1. The fourth-order valence-electron chi connectivity index (χ4n) is 1.03. The molecule has 1 N–H and O–H groups in total. The Balaban J connectivity index is 3.62. The van der Waals surface area contributed by atoms with Crippen molar-refractivity contribution in [3.63, 3.8) is 0 Å². The Morgan fingerprint density at radius 3 is 2.64 bits per heavy atom. The zero-order valence-electron chi connectivity index (χ0n) is 6.82. The van der Waals surface area contributed by atoms with Crippen LogP contribution in [0.3, 0.4) is 0 Å². The summed E-state index contributed by atoms with van der Waals surface area (Å²) in [5.41, 5.74) is -0.309. The Hall–Kier alpha value is -1.67. The summed E-state index contributed by atoms with van der Waals surface area (Å²) in [6, 6.07) is 4.55. The topological polar surface area (TPSA) is 78.2 Å². The third kappa shape index (κ3) is 1.65. The number of carbonyl (C=O) groups is 2. The van der Waals surface area contributed by atoms with Gasteiger partial charge >= 0.3 is 5.97 Å². The van der Waals surface area contributed by atoms with Gasteiger partial charge in [-0.1, -0.05) is 0 Å². The molecule has 14 heavy (non-hydrogen) atoms. The van der Waals surface area contributed by atoms with Gasteiger partial charge in [-0.05, 0) is 28.1 Å². The number of carbonyl (C=O) groups excluding carboxylic acids is 1. The van der Waals surface area contributed by atoms with Crippen LogP contribution in [0, 0.1) is 11.3 Å². The van der Waals surface area contributed by atoms with Gasteiger partial charge in [-0.25, -0.2) is 4.79 Å². The predicted octanol–water partition coefficient (Wildman–Crippen LogP) is 1.83. The average molecular weight is 254 g/mol. The van der Waals surface area contributed by atoms with Gasteiger partial charge in [0.2, 0.25) is 0 Å². The van der Waals surface area contributed by atoms with Gasteiger partial charge in [-0.2, -0.15) is 5.26 Å². The first-order chi connectivity index (χ1) is 6.61. The van der Waals surface area contributed by atoms with Crippen LogP contribution in [-0.2, 0) is 0 Å². The number of aromatic carboxylic acids is 1. The number of halogens is 1. The van der Waals surface area contributed by atoms with Crippen molar-refractivity contribution in [2.45, 2.75) is 0 Å². The zero-order chi connectivity index (χ0) is 10.7. The number of carboxylic acid groups (broad SMARTS) is 1. The molecule has 0 atom stereocenters. The van der Waals surface area contributed by atoms with Gasteiger partial charge < -0.3 is 5.11 Å². The minimum absolute atomic E-state index is 0.00255. The molecule has 0 radical (unpaired) electrons. The second kappa shape index (κ2) is 4.03. The fourth-order valence-corrected chi connectivity index (χ4v) is 1.45. The SMILES string of the molecule is N#Cc1c(Br)ccc(C=O)c1C(=O)O. The van der Waals surface area contributed by atoms with Crippen molar-refractivity contribution < 1.29 is 14.7 Å². The van der Waals surface area contributed by atoms with E-state index < -0.39 is 5.97 Å². The van der Waals surface area contributed by atoms with Gasteiger partial charge in [0.1, 0.15) is 6.07 Å². The highest BCUT2D eigenvalue weighted by Gasteiger charge is 2.17. The third-order valence-corrected chi connectivity index (χ3v) is 2.30. The quantitative estimate of drug-likeness (QED) is 0.816. The summed E-state index contributed by atoms with van der Waals surface area (Å²) in [5.74, 6) is -1.29. The summed E-state index contributed by atoms with van der Waals surface area (Å²) < 4.78 is 0.364. The van der Waals surface area contributed by atoms with E-state index in [9.17, 15) is 9.59 Å². The second-order valence-electron chi connectivity index (χ2n) is 2.42. The molecule has 1 rings (SSSR count). The fraction of sp³-hybridized carbons (Fsp3) is 0. The predicted molar refractivity (Wildman–Crippen MR) is 51.2 cm³/mol. The van der Waals surface area contributed by atoms with Crippen LogP contribution >= 0.6 is 15.9 Å². The smallest absolute Gasteiger partial charge is 0.337 e. The maximum Gasteiger partial charge on any atom is 0.337 e. The monoisotopic (exact) mass is 253 g/mol. The summed E-state index contributed by atoms with van der Waals surface area (Å²) in [7, 11) is 0.